The van der Waals surface area contributed by atoms with E-state index in [-0.39, 0.29) is 12.5 Å². The van der Waals surface area contributed by atoms with Gasteiger partial charge in [0, 0.05) is 13.1 Å². The lowest BCUT2D eigenvalue weighted by atomic mass is 10.0. The first-order valence-electron chi connectivity index (χ1n) is 8.10. The van der Waals surface area contributed by atoms with Crippen molar-refractivity contribution in [3.05, 3.63) is 35.9 Å². The van der Waals surface area contributed by atoms with Crippen molar-refractivity contribution >= 4 is 17.8 Å². The SMILES string of the molecule is CCCNC(=O)CN(C)[C@@H](C(=O)NC(=O)NCC)c1ccccc1. The third kappa shape index (κ3) is 6.37. The van der Waals surface area contributed by atoms with E-state index in [9.17, 15) is 14.4 Å². The summed E-state index contributed by atoms with van der Waals surface area (Å²) < 4.78 is 0. The average molecular weight is 334 g/mol. The quantitative estimate of drug-likeness (QED) is 0.662. The summed E-state index contributed by atoms with van der Waals surface area (Å²) in [6.07, 6.45) is 0.843. The Morgan fingerprint density at radius 1 is 1.08 bits per heavy atom. The molecule has 0 aromatic heterocycles. The number of nitrogens with one attached hydrogen (secondary N) is 3. The van der Waals surface area contributed by atoms with Crippen LogP contribution in [0.5, 0.6) is 0 Å². The van der Waals surface area contributed by atoms with Crippen LogP contribution >= 0.6 is 0 Å². The molecule has 0 fully saturated rings. The van der Waals surface area contributed by atoms with Gasteiger partial charge in [0.2, 0.25) is 11.8 Å². The second-order valence-corrected chi connectivity index (χ2v) is 5.43. The van der Waals surface area contributed by atoms with E-state index in [0.29, 0.717) is 18.7 Å². The largest absolute Gasteiger partial charge is 0.355 e. The Hall–Kier alpha value is -2.41. The van der Waals surface area contributed by atoms with Gasteiger partial charge in [0.25, 0.3) is 0 Å². The third-order valence-electron chi connectivity index (χ3n) is 3.34. The Morgan fingerprint density at radius 2 is 1.75 bits per heavy atom. The summed E-state index contributed by atoms with van der Waals surface area (Å²) in [4.78, 5) is 37.7. The van der Waals surface area contributed by atoms with E-state index in [1.54, 1.807) is 31.0 Å². The molecule has 0 aliphatic rings. The molecule has 132 valence electrons. The van der Waals surface area contributed by atoms with Crippen molar-refractivity contribution in [1.82, 2.24) is 20.9 Å². The lowest BCUT2D eigenvalue weighted by molar-refractivity contribution is -0.127. The fraction of sp³-hybridized carbons (Fsp3) is 0.471. The molecule has 0 aliphatic heterocycles. The van der Waals surface area contributed by atoms with Crippen molar-refractivity contribution in [2.24, 2.45) is 0 Å². The van der Waals surface area contributed by atoms with Gasteiger partial charge in [-0.3, -0.25) is 19.8 Å². The Kier molecular flexibility index (Phi) is 8.49. The zero-order valence-electron chi connectivity index (χ0n) is 14.5. The van der Waals surface area contributed by atoms with Crippen LogP contribution < -0.4 is 16.0 Å². The number of imide groups is 1. The molecule has 0 saturated heterocycles. The molecule has 7 heteroatoms. The van der Waals surface area contributed by atoms with Crippen LogP contribution in [0, 0.1) is 0 Å². The summed E-state index contributed by atoms with van der Waals surface area (Å²) >= 11 is 0. The predicted molar refractivity (Wildman–Crippen MR) is 92.3 cm³/mol. The normalized spacial score (nSPS) is 11.7. The zero-order valence-corrected chi connectivity index (χ0v) is 14.5. The highest BCUT2D eigenvalue weighted by atomic mass is 16.2. The monoisotopic (exact) mass is 334 g/mol. The number of likely N-dealkylation sites (N-methyl/N-ethyl adjacent to an activating group) is 1. The van der Waals surface area contributed by atoms with E-state index >= 15 is 0 Å². The maximum absolute atomic E-state index is 12.5. The van der Waals surface area contributed by atoms with Gasteiger partial charge >= 0.3 is 6.03 Å². The maximum atomic E-state index is 12.5. The molecule has 0 saturated carbocycles. The molecule has 0 aliphatic carbocycles. The van der Waals surface area contributed by atoms with E-state index in [1.165, 1.54) is 0 Å². The van der Waals surface area contributed by atoms with Gasteiger partial charge in [0.15, 0.2) is 0 Å². The Balaban J connectivity index is 2.87. The molecule has 0 unspecified atom stereocenters. The molecular formula is C17H26N4O3. The van der Waals surface area contributed by atoms with E-state index in [4.69, 9.17) is 0 Å². The van der Waals surface area contributed by atoms with Crippen LogP contribution in [0.3, 0.4) is 0 Å². The first kappa shape index (κ1) is 19.6. The molecule has 7 nitrogen and oxygen atoms in total. The Morgan fingerprint density at radius 3 is 2.33 bits per heavy atom. The lowest BCUT2D eigenvalue weighted by Crippen LogP contribution is -2.47. The van der Waals surface area contributed by atoms with Crippen LogP contribution in [0.2, 0.25) is 0 Å². The van der Waals surface area contributed by atoms with Gasteiger partial charge in [-0.1, -0.05) is 37.3 Å². The summed E-state index contributed by atoms with van der Waals surface area (Å²) in [7, 11) is 1.68. The number of carbonyl (C=O) groups excluding carboxylic acids is 3. The molecule has 1 aromatic carbocycles. The number of nitrogens with zero attached hydrogens (tertiary/aromatic N) is 1. The molecule has 24 heavy (non-hydrogen) atoms. The molecular weight excluding hydrogens is 308 g/mol. The number of amides is 4. The second-order valence-electron chi connectivity index (χ2n) is 5.43. The summed E-state index contributed by atoms with van der Waals surface area (Å²) in [5.41, 5.74) is 0.713. The van der Waals surface area contributed by atoms with E-state index in [1.807, 2.05) is 25.1 Å². The first-order chi connectivity index (χ1) is 11.5. The minimum Gasteiger partial charge on any atom is -0.355 e. The van der Waals surface area contributed by atoms with Crippen LogP contribution in [0.15, 0.2) is 30.3 Å². The molecule has 0 heterocycles. The van der Waals surface area contributed by atoms with Crippen molar-refractivity contribution in [3.8, 4) is 0 Å². The number of benzene rings is 1. The fourth-order valence-electron chi connectivity index (χ4n) is 2.26. The molecule has 1 rings (SSSR count). The highest BCUT2D eigenvalue weighted by molar-refractivity contribution is 5.97. The zero-order chi connectivity index (χ0) is 17.9. The summed E-state index contributed by atoms with van der Waals surface area (Å²) in [6.45, 7) is 4.81. The van der Waals surface area contributed by atoms with Crippen molar-refractivity contribution in [2.45, 2.75) is 26.3 Å². The van der Waals surface area contributed by atoms with Gasteiger partial charge in [-0.2, -0.15) is 0 Å². The van der Waals surface area contributed by atoms with Gasteiger partial charge < -0.3 is 10.6 Å². The highest BCUT2D eigenvalue weighted by Crippen LogP contribution is 2.19. The van der Waals surface area contributed by atoms with Crippen LogP contribution in [0.25, 0.3) is 0 Å². The van der Waals surface area contributed by atoms with E-state index in [2.05, 4.69) is 16.0 Å². The standard InChI is InChI=1S/C17H26N4O3/c1-4-11-19-14(22)12-21(3)15(13-9-7-6-8-10-13)16(23)20-17(24)18-5-2/h6-10,15H,4-5,11-12H2,1-3H3,(H,19,22)(H2,18,20,23,24)/t15-/m1/s1. The van der Waals surface area contributed by atoms with Crippen LogP contribution in [-0.4, -0.2) is 49.4 Å². The van der Waals surface area contributed by atoms with Crippen LogP contribution in [-0.2, 0) is 9.59 Å². The van der Waals surface area contributed by atoms with E-state index in [0.717, 1.165) is 6.42 Å². The van der Waals surface area contributed by atoms with Gasteiger partial charge in [0.1, 0.15) is 6.04 Å². The summed E-state index contributed by atoms with van der Waals surface area (Å²) in [5.74, 6) is -0.635. The van der Waals surface area contributed by atoms with Crippen LogP contribution in [0.4, 0.5) is 4.79 Å². The fourth-order valence-corrected chi connectivity index (χ4v) is 2.26. The summed E-state index contributed by atoms with van der Waals surface area (Å²) in [5, 5.41) is 7.61. The number of urea groups is 1. The summed E-state index contributed by atoms with van der Waals surface area (Å²) in [6, 6.07) is 7.77. The van der Waals surface area contributed by atoms with Crippen molar-refractivity contribution in [1.29, 1.82) is 0 Å². The molecule has 0 spiro atoms. The number of hydrogen-bond acceptors (Lipinski definition) is 4. The van der Waals surface area contributed by atoms with Gasteiger partial charge in [-0.15, -0.1) is 0 Å². The van der Waals surface area contributed by atoms with E-state index < -0.39 is 18.0 Å². The Labute approximate surface area is 142 Å². The lowest BCUT2D eigenvalue weighted by Gasteiger charge is -2.26. The van der Waals surface area contributed by atoms with Gasteiger partial charge in [-0.25, -0.2) is 4.79 Å². The van der Waals surface area contributed by atoms with Crippen LogP contribution in [0.1, 0.15) is 31.9 Å². The van der Waals surface area contributed by atoms with Crippen molar-refractivity contribution < 1.29 is 14.4 Å². The third-order valence-corrected chi connectivity index (χ3v) is 3.34. The average Bonchev–Trinajstić information content (AvgIpc) is 2.54. The molecule has 1 atom stereocenters. The van der Waals surface area contributed by atoms with Crippen molar-refractivity contribution in [3.63, 3.8) is 0 Å². The topological polar surface area (TPSA) is 90.5 Å². The number of rotatable bonds is 8. The number of carbonyl (C=O) groups is 3. The second kappa shape index (κ2) is 10.4. The smallest absolute Gasteiger partial charge is 0.321 e. The molecule has 0 bridgehead atoms. The highest BCUT2D eigenvalue weighted by Gasteiger charge is 2.27. The Bertz CT molecular complexity index is 548. The molecule has 3 N–H and O–H groups in total. The predicted octanol–water partition coefficient (Wildman–Crippen LogP) is 1.03. The molecule has 1 aromatic rings. The molecule has 4 amide bonds. The first-order valence-corrected chi connectivity index (χ1v) is 8.10. The number of hydrogen-bond donors (Lipinski definition) is 3. The van der Waals surface area contributed by atoms with Gasteiger partial charge in [-0.05, 0) is 26.0 Å². The van der Waals surface area contributed by atoms with Gasteiger partial charge in [0.05, 0.1) is 6.54 Å². The minimum absolute atomic E-state index is 0.0579. The molecule has 0 radical (unpaired) electrons. The van der Waals surface area contributed by atoms with Crippen molar-refractivity contribution in [2.75, 3.05) is 26.7 Å². The maximum Gasteiger partial charge on any atom is 0.321 e. The minimum atomic E-state index is -0.735.